The molecule has 4 heteroatoms. The molecule has 0 aromatic heterocycles. The lowest BCUT2D eigenvalue weighted by Gasteiger charge is -2.31. The second-order valence-electron chi connectivity index (χ2n) is 4.34. The van der Waals surface area contributed by atoms with E-state index in [9.17, 15) is 4.39 Å². The fraction of sp³-hybridized carbons (Fsp3) is 0.538. The van der Waals surface area contributed by atoms with Crippen LogP contribution in [0.2, 0.25) is 0 Å². The first-order valence-electron chi connectivity index (χ1n) is 6.03. The monoisotopic (exact) mass is 239 g/mol. The number of aliphatic hydroxyl groups excluding tert-OH is 1. The van der Waals surface area contributed by atoms with E-state index in [1.807, 2.05) is 0 Å². The Labute approximate surface area is 101 Å². The highest BCUT2D eigenvalue weighted by molar-refractivity contribution is 5.22. The summed E-state index contributed by atoms with van der Waals surface area (Å²) in [5.74, 6) is 0.488. The van der Waals surface area contributed by atoms with Crippen LogP contribution in [-0.4, -0.2) is 42.4 Å². The van der Waals surface area contributed by atoms with Crippen molar-refractivity contribution in [1.82, 2.24) is 4.90 Å². The van der Waals surface area contributed by atoms with Gasteiger partial charge in [-0.25, -0.2) is 4.39 Å². The van der Waals surface area contributed by atoms with Gasteiger partial charge in [0.05, 0.1) is 6.61 Å². The maximum Gasteiger partial charge on any atom is 0.123 e. The lowest BCUT2D eigenvalue weighted by molar-refractivity contribution is 0.0888. The van der Waals surface area contributed by atoms with E-state index >= 15 is 0 Å². The van der Waals surface area contributed by atoms with Gasteiger partial charge in [0.25, 0.3) is 0 Å². The molecule has 0 radical (unpaired) electrons. The third-order valence-corrected chi connectivity index (χ3v) is 3.07. The molecular formula is C13H18FNO2. The highest BCUT2D eigenvalue weighted by Crippen LogP contribution is 2.19. The predicted molar refractivity (Wildman–Crippen MR) is 63.6 cm³/mol. The van der Waals surface area contributed by atoms with E-state index in [0.717, 1.165) is 38.2 Å². The van der Waals surface area contributed by atoms with Gasteiger partial charge in [-0.15, -0.1) is 0 Å². The van der Waals surface area contributed by atoms with Crippen LogP contribution < -0.4 is 4.74 Å². The van der Waals surface area contributed by atoms with Gasteiger partial charge in [0.2, 0.25) is 0 Å². The summed E-state index contributed by atoms with van der Waals surface area (Å²) in [5.41, 5.74) is 0. The molecule has 0 unspecified atom stereocenters. The zero-order valence-corrected chi connectivity index (χ0v) is 9.81. The number of hydrogen-bond acceptors (Lipinski definition) is 3. The maximum atomic E-state index is 12.7. The van der Waals surface area contributed by atoms with Crippen molar-refractivity contribution >= 4 is 0 Å². The van der Waals surface area contributed by atoms with Crippen LogP contribution in [-0.2, 0) is 0 Å². The lowest BCUT2D eigenvalue weighted by atomic mass is 10.1. The topological polar surface area (TPSA) is 32.7 Å². The number of halogens is 1. The normalized spacial score (nSPS) is 18.2. The average Bonchev–Trinajstić information content (AvgIpc) is 2.35. The van der Waals surface area contributed by atoms with Crippen molar-refractivity contribution in [3.05, 3.63) is 30.1 Å². The number of β-amino-alcohol motifs (C(OH)–C–C–N with tert-alkyl or cyclic N) is 1. The molecule has 1 aromatic carbocycles. The summed E-state index contributed by atoms with van der Waals surface area (Å²) in [6, 6.07) is 6.15. The molecule has 0 aliphatic carbocycles. The Morgan fingerprint density at radius 3 is 2.47 bits per heavy atom. The van der Waals surface area contributed by atoms with Crippen LogP contribution in [0.25, 0.3) is 0 Å². The SMILES string of the molecule is OCCN1CCC(Oc2ccc(F)cc2)CC1. The van der Waals surface area contributed by atoms with Crippen molar-refractivity contribution in [2.75, 3.05) is 26.2 Å². The molecule has 0 saturated carbocycles. The van der Waals surface area contributed by atoms with Gasteiger partial charge in [-0.05, 0) is 37.1 Å². The Morgan fingerprint density at radius 2 is 1.88 bits per heavy atom. The second-order valence-corrected chi connectivity index (χ2v) is 4.34. The number of nitrogens with zero attached hydrogens (tertiary/aromatic N) is 1. The number of rotatable bonds is 4. The van der Waals surface area contributed by atoms with E-state index in [1.165, 1.54) is 12.1 Å². The summed E-state index contributed by atoms with van der Waals surface area (Å²) in [6.45, 7) is 2.85. The fourth-order valence-corrected chi connectivity index (χ4v) is 2.10. The molecule has 0 amide bonds. The summed E-state index contributed by atoms with van der Waals surface area (Å²) in [5, 5.41) is 8.84. The summed E-state index contributed by atoms with van der Waals surface area (Å²) >= 11 is 0. The quantitative estimate of drug-likeness (QED) is 0.867. The summed E-state index contributed by atoms with van der Waals surface area (Å²) in [6.07, 6.45) is 2.12. The Bertz CT molecular complexity index is 334. The molecule has 1 aromatic rings. The smallest absolute Gasteiger partial charge is 0.123 e. The molecule has 1 aliphatic heterocycles. The fourth-order valence-electron chi connectivity index (χ4n) is 2.10. The van der Waals surface area contributed by atoms with Crippen LogP contribution in [0.4, 0.5) is 4.39 Å². The Balaban J connectivity index is 1.79. The molecule has 0 atom stereocenters. The zero-order valence-electron chi connectivity index (χ0n) is 9.81. The van der Waals surface area contributed by atoms with Gasteiger partial charge in [0.15, 0.2) is 0 Å². The molecule has 94 valence electrons. The third-order valence-electron chi connectivity index (χ3n) is 3.07. The number of piperidine rings is 1. The minimum Gasteiger partial charge on any atom is -0.490 e. The van der Waals surface area contributed by atoms with Crippen molar-refractivity contribution < 1.29 is 14.2 Å². The van der Waals surface area contributed by atoms with E-state index in [0.29, 0.717) is 0 Å². The Hall–Kier alpha value is -1.13. The number of aliphatic hydroxyl groups is 1. The second kappa shape index (κ2) is 5.98. The average molecular weight is 239 g/mol. The van der Waals surface area contributed by atoms with Crippen LogP contribution in [0.3, 0.4) is 0 Å². The minimum atomic E-state index is -0.241. The van der Waals surface area contributed by atoms with Gasteiger partial charge in [-0.1, -0.05) is 0 Å². The third kappa shape index (κ3) is 3.68. The first-order valence-corrected chi connectivity index (χ1v) is 6.03. The summed E-state index contributed by atoms with van der Waals surface area (Å²) < 4.78 is 18.5. The molecule has 1 saturated heterocycles. The molecule has 1 fully saturated rings. The molecule has 0 spiro atoms. The molecule has 2 rings (SSSR count). The largest absolute Gasteiger partial charge is 0.490 e. The number of benzene rings is 1. The summed E-state index contributed by atoms with van der Waals surface area (Å²) in [7, 11) is 0. The van der Waals surface area contributed by atoms with E-state index < -0.39 is 0 Å². The minimum absolute atomic E-state index is 0.204. The van der Waals surface area contributed by atoms with E-state index in [4.69, 9.17) is 9.84 Å². The van der Waals surface area contributed by atoms with Crippen molar-refractivity contribution in [3.8, 4) is 5.75 Å². The van der Waals surface area contributed by atoms with E-state index in [2.05, 4.69) is 4.90 Å². The van der Waals surface area contributed by atoms with Crippen molar-refractivity contribution in [2.24, 2.45) is 0 Å². The summed E-state index contributed by atoms with van der Waals surface area (Å²) in [4.78, 5) is 2.23. The van der Waals surface area contributed by atoms with Gasteiger partial charge in [-0.2, -0.15) is 0 Å². The number of likely N-dealkylation sites (tertiary alicyclic amines) is 1. The van der Waals surface area contributed by atoms with Gasteiger partial charge in [0.1, 0.15) is 17.7 Å². The maximum absolute atomic E-state index is 12.7. The number of ether oxygens (including phenoxy) is 1. The standard InChI is InChI=1S/C13H18FNO2/c14-11-1-3-12(4-2-11)17-13-5-7-15(8-6-13)9-10-16/h1-4,13,16H,5-10H2. The van der Waals surface area contributed by atoms with Crippen LogP contribution in [0.15, 0.2) is 24.3 Å². The predicted octanol–water partition coefficient (Wildman–Crippen LogP) is 1.66. The molecule has 3 nitrogen and oxygen atoms in total. The molecule has 0 bridgehead atoms. The molecule has 1 N–H and O–H groups in total. The first kappa shape index (κ1) is 12.3. The van der Waals surface area contributed by atoms with Crippen LogP contribution in [0.1, 0.15) is 12.8 Å². The van der Waals surface area contributed by atoms with E-state index in [1.54, 1.807) is 12.1 Å². The first-order chi connectivity index (χ1) is 8.28. The Kier molecular flexibility index (Phi) is 4.34. The van der Waals surface area contributed by atoms with Crippen molar-refractivity contribution in [1.29, 1.82) is 0 Å². The van der Waals surface area contributed by atoms with Crippen LogP contribution >= 0.6 is 0 Å². The molecule has 17 heavy (non-hydrogen) atoms. The number of hydrogen-bond donors (Lipinski definition) is 1. The lowest BCUT2D eigenvalue weighted by Crippen LogP contribution is -2.39. The van der Waals surface area contributed by atoms with Gasteiger partial charge in [0, 0.05) is 19.6 Å². The van der Waals surface area contributed by atoms with Crippen LogP contribution in [0, 0.1) is 5.82 Å². The molecule has 1 aliphatic rings. The zero-order chi connectivity index (χ0) is 12.1. The molecular weight excluding hydrogens is 221 g/mol. The van der Waals surface area contributed by atoms with Crippen molar-refractivity contribution in [3.63, 3.8) is 0 Å². The van der Waals surface area contributed by atoms with E-state index in [-0.39, 0.29) is 18.5 Å². The highest BCUT2D eigenvalue weighted by Gasteiger charge is 2.19. The highest BCUT2D eigenvalue weighted by atomic mass is 19.1. The van der Waals surface area contributed by atoms with Gasteiger partial charge in [-0.3, -0.25) is 0 Å². The van der Waals surface area contributed by atoms with Crippen LogP contribution in [0.5, 0.6) is 5.75 Å². The molecule has 1 heterocycles. The Morgan fingerprint density at radius 1 is 1.24 bits per heavy atom. The van der Waals surface area contributed by atoms with Crippen molar-refractivity contribution in [2.45, 2.75) is 18.9 Å². The van der Waals surface area contributed by atoms with Gasteiger partial charge >= 0.3 is 0 Å². The van der Waals surface area contributed by atoms with Gasteiger partial charge < -0.3 is 14.7 Å².